The highest BCUT2D eigenvalue weighted by molar-refractivity contribution is 6.30. The van der Waals surface area contributed by atoms with Gasteiger partial charge in [0.15, 0.2) is 0 Å². The fourth-order valence-electron chi connectivity index (χ4n) is 2.81. The van der Waals surface area contributed by atoms with Crippen molar-refractivity contribution in [2.24, 2.45) is 0 Å². The highest BCUT2D eigenvalue weighted by atomic mass is 35.5. The summed E-state index contributed by atoms with van der Waals surface area (Å²) in [6.45, 7) is 0.00631. The smallest absolute Gasteiger partial charge is 0.244 e. The maximum Gasteiger partial charge on any atom is 0.244 e. The molecule has 1 heterocycles. The zero-order valence-electron chi connectivity index (χ0n) is 14.7. The summed E-state index contributed by atoms with van der Waals surface area (Å²) in [6.07, 6.45) is 0. The number of hydrogen-bond donors (Lipinski definition) is 2. The summed E-state index contributed by atoms with van der Waals surface area (Å²) in [4.78, 5) is 39.7. The Morgan fingerprint density at radius 2 is 1.85 bits per heavy atom. The van der Waals surface area contributed by atoms with Crippen LogP contribution in [0.15, 0.2) is 48.5 Å². The summed E-state index contributed by atoms with van der Waals surface area (Å²) in [5.74, 6) is -0.742. The standard InChI is InChI=1S/C19H19ClN4O3/c1-23(10-17(25)21-14-8-6-13(20)7-9-14)12-19(27)24-11-18(26)22-15-4-2-3-5-16(15)24/h2-9H,10-12H2,1H3,(H,21,25)(H,22,26). The molecule has 0 aromatic heterocycles. The lowest BCUT2D eigenvalue weighted by Gasteiger charge is -2.30. The molecule has 27 heavy (non-hydrogen) atoms. The summed E-state index contributed by atoms with van der Waals surface area (Å²) in [5, 5.41) is 6.07. The molecule has 0 unspecified atom stereocenters. The van der Waals surface area contributed by atoms with E-state index in [-0.39, 0.29) is 37.4 Å². The number of rotatable bonds is 5. The molecule has 140 valence electrons. The molecule has 7 nitrogen and oxygen atoms in total. The van der Waals surface area contributed by atoms with Gasteiger partial charge in [0.1, 0.15) is 6.54 Å². The van der Waals surface area contributed by atoms with Gasteiger partial charge in [-0.2, -0.15) is 0 Å². The average Bonchev–Trinajstić information content (AvgIpc) is 2.62. The van der Waals surface area contributed by atoms with Gasteiger partial charge in [0, 0.05) is 10.7 Å². The Hall–Kier alpha value is -2.90. The summed E-state index contributed by atoms with van der Waals surface area (Å²) >= 11 is 5.82. The molecule has 3 amide bonds. The first-order chi connectivity index (χ1) is 12.9. The average molecular weight is 387 g/mol. The minimum Gasteiger partial charge on any atom is -0.325 e. The first-order valence-corrected chi connectivity index (χ1v) is 8.73. The molecule has 3 rings (SSSR count). The zero-order chi connectivity index (χ0) is 19.4. The number of likely N-dealkylation sites (N-methyl/N-ethyl adjacent to an activating group) is 1. The van der Waals surface area contributed by atoms with Crippen molar-refractivity contribution in [3.05, 3.63) is 53.6 Å². The van der Waals surface area contributed by atoms with Crippen LogP contribution in [0.4, 0.5) is 17.1 Å². The number of carbonyl (C=O) groups excluding carboxylic acids is 3. The summed E-state index contributed by atoms with van der Waals surface area (Å²) in [5.41, 5.74) is 1.89. The quantitative estimate of drug-likeness (QED) is 0.825. The molecule has 1 aliphatic heterocycles. The molecule has 0 aliphatic carbocycles. The SMILES string of the molecule is CN(CC(=O)Nc1ccc(Cl)cc1)CC(=O)N1CC(=O)Nc2ccccc21. The van der Waals surface area contributed by atoms with E-state index < -0.39 is 0 Å². The summed E-state index contributed by atoms with van der Waals surface area (Å²) < 4.78 is 0. The van der Waals surface area contributed by atoms with Crippen molar-refractivity contribution in [3.8, 4) is 0 Å². The second-order valence-electron chi connectivity index (χ2n) is 6.27. The van der Waals surface area contributed by atoms with Crippen LogP contribution >= 0.6 is 11.6 Å². The van der Waals surface area contributed by atoms with E-state index in [0.29, 0.717) is 22.1 Å². The van der Waals surface area contributed by atoms with Crippen molar-refractivity contribution in [3.63, 3.8) is 0 Å². The predicted octanol–water partition coefficient (Wildman–Crippen LogP) is 2.20. The van der Waals surface area contributed by atoms with E-state index in [1.54, 1.807) is 60.5 Å². The van der Waals surface area contributed by atoms with Gasteiger partial charge in [-0.25, -0.2) is 0 Å². The van der Waals surface area contributed by atoms with Gasteiger partial charge in [0.25, 0.3) is 0 Å². The van der Waals surface area contributed by atoms with E-state index in [1.807, 2.05) is 0 Å². The second kappa shape index (κ2) is 8.20. The predicted molar refractivity (Wildman–Crippen MR) is 105 cm³/mol. The van der Waals surface area contributed by atoms with Gasteiger partial charge in [-0.15, -0.1) is 0 Å². The topological polar surface area (TPSA) is 81.8 Å². The van der Waals surface area contributed by atoms with Gasteiger partial charge in [0.2, 0.25) is 17.7 Å². The van der Waals surface area contributed by atoms with Crippen molar-refractivity contribution >= 4 is 46.4 Å². The summed E-state index contributed by atoms with van der Waals surface area (Å²) in [6, 6.07) is 13.9. The molecule has 0 radical (unpaired) electrons. The molecule has 0 fully saturated rings. The molecule has 0 atom stereocenters. The lowest BCUT2D eigenvalue weighted by molar-refractivity contribution is -0.123. The van der Waals surface area contributed by atoms with Crippen LogP contribution < -0.4 is 15.5 Å². The van der Waals surface area contributed by atoms with Gasteiger partial charge in [-0.1, -0.05) is 23.7 Å². The first kappa shape index (κ1) is 18.9. The van der Waals surface area contributed by atoms with E-state index in [4.69, 9.17) is 11.6 Å². The van der Waals surface area contributed by atoms with E-state index in [1.165, 1.54) is 4.90 Å². The first-order valence-electron chi connectivity index (χ1n) is 8.35. The van der Waals surface area contributed by atoms with Gasteiger partial charge < -0.3 is 10.6 Å². The van der Waals surface area contributed by atoms with Gasteiger partial charge in [0.05, 0.1) is 24.5 Å². The molecule has 0 saturated heterocycles. The van der Waals surface area contributed by atoms with Crippen molar-refractivity contribution in [2.75, 3.05) is 42.2 Å². The van der Waals surface area contributed by atoms with E-state index in [0.717, 1.165) is 0 Å². The monoisotopic (exact) mass is 386 g/mol. The molecular formula is C19H19ClN4O3. The minimum absolute atomic E-state index is 0.00958. The molecular weight excluding hydrogens is 368 g/mol. The Morgan fingerprint density at radius 3 is 2.59 bits per heavy atom. The van der Waals surface area contributed by atoms with Crippen LogP contribution in [0.1, 0.15) is 0 Å². The van der Waals surface area contributed by atoms with Gasteiger partial charge in [-0.05, 0) is 43.4 Å². The number of carbonyl (C=O) groups is 3. The number of fused-ring (bicyclic) bond motifs is 1. The molecule has 0 bridgehead atoms. The Labute approximate surface area is 161 Å². The molecule has 2 N–H and O–H groups in total. The largest absolute Gasteiger partial charge is 0.325 e. The number of hydrogen-bond acceptors (Lipinski definition) is 4. The van der Waals surface area contributed by atoms with Crippen molar-refractivity contribution in [1.29, 1.82) is 0 Å². The van der Waals surface area contributed by atoms with Crippen LogP contribution in [0.3, 0.4) is 0 Å². The summed E-state index contributed by atoms with van der Waals surface area (Å²) in [7, 11) is 1.68. The molecule has 8 heteroatoms. The number of anilines is 3. The number of amides is 3. The zero-order valence-corrected chi connectivity index (χ0v) is 15.5. The molecule has 0 spiro atoms. The highest BCUT2D eigenvalue weighted by Gasteiger charge is 2.27. The third-order valence-corrected chi connectivity index (χ3v) is 4.27. The lowest BCUT2D eigenvalue weighted by Crippen LogP contribution is -2.47. The van der Waals surface area contributed by atoms with E-state index in [2.05, 4.69) is 10.6 Å². The number of benzene rings is 2. The maximum absolute atomic E-state index is 12.7. The normalized spacial score (nSPS) is 13.1. The van der Waals surface area contributed by atoms with Crippen LogP contribution in [0.25, 0.3) is 0 Å². The van der Waals surface area contributed by atoms with E-state index in [9.17, 15) is 14.4 Å². The highest BCUT2D eigenvalue weighted by Crippen LogP contribution is 2.28. The Morgan fingerprint density at radius 1 is 1.15 bits per heavy atom. The number of nitrogens with one attached hydrogen (secondary N) is 2. The third kappa shape index (κ3) is 4.84. The Bertz CT molecular complexity index is 870. The fraction of sp³-hybridized carbons (Fsp3) is 0.211. The van der Waals surface area contributed by atoms with Gasteiger partial charge >= 0.3 is 0 Å². The van der Waals surface area contributed by atoms with Crippen LogP contribution in [-0.4, -0.2) is 49.3 Å². The van der Waals surface area contributed by atoms with E-state index >= 15 is 0 Å². The van der Waals surface area contributed by atoms with Crippen LogP contribution in [0, 0.1) is 0 Å². The molecule has 2 aromatic carbocycles. The van der Waals surface area contributed by atoms with Crippen LogP contribution in [-0.2, 0) is 14.4 Å². The lowest BCUT2D eigenvalue weighted by atomic mass is 10.2. The Kier molecular flexibility index (Phi) is 5.73. The molecule has 2 aromatic rings. The van der Waals surface area contributed by atoms with Crippen molar-refractivity contribution in [1.82, 2.24) is 4.90 Å². The second-order valence-corrected chi connectivity index (χ2v) is 6.71. The number of para-hydroxylation sites is 2. The van der Waals surface area contributed by atoms with Crippen LogP contribution in [0.5, 0.6) is 0 Å². The van der Waals surface area contributed by atoms with Gasteiger partial charge in [-0.3, -0.25) is 24.2 Å². The number of nitrogens with zero attached hydrogens (tertiary/aromatic N) is 2. The van der Waals surface area contributed by atoms with Crippen molar-refractivity contribution in [2.45, 2.75) is 0 Å². The third-order valence-electron chi connectivity index (χ3n) is 4.02. The van der Waals surface area contributed by atoms with Crippen LogP contribution in [0.2, 0.25) is 5.02 Å². The molecule has 1 aliphatic rings. The van der Waals surface area contributed by atoms with Crippen molar-refractivity contribution < 1.29 is 14.4 Å². The maximum atomic E-state index is 12.7. The minimum atomic E-state index is -0.251. The number of halogens is 1. The molecule has 0 saturated carbocycles. The fourth-order valence-corrected chi connectivity index (χ4v) is 2.93. The Balaban J connectivity index is 1.58.